The van der Waals surface area contributed by atoms with Gasteiger partial charge in [0.1, 0.15) is 11.2 Å². The van der Waals surface area contributed by atoms with E-state index in [0.29, 0.717) is 0 Å². The van der Waals surface area contributed by atoms with E-state index in [1.54, 1.807) is 0 Å². The molecule has 0 atom stereocenters. The second-order valence-electron chi connectivity index (χ2n) is 12.5. The number of thiophene rings is 1. The van der Waals surface area contributed by atoms with E-state index >= 15 is 0 Å². The van der Waals surface area contributed by atoms with Crippen LogP contribution >= 0.6 is 11.3 Å². The monoisotopic (exact) mass is 643 g/mol. The summed E-state index contributed by atoms with van der Waals surface area (Å²) in [5.74, 6) is 0. The third-order valence-corrected chi connectivity index (χ3v) is 10.8. The van der Waals surface area contributed by atoms with Gasteiger partial charge in [0.15, 0.2) is 0 Å². The molecule has 10 aromatic rings. The van der Waals surface area contributed by atoms with Crippen LogP contribution in [0.3, 0.4) is 0 Å². The molecule has 8 aromatic carbocycles. The second kappa shape index (κ2) is 11.2. The molecule has 0 saturated heterocycles. The van der Waals surface area contributed by atoms with Crippen molar-refractivity contribution >= 4 is 81.3 Å². The van der Waals surface area contributed by atoms with Crippen LogP contribution in [0.4, 0.5) is 17.1 Å². The van der Waals surface area contributed by atoms with Crippen molar-refractivity contribution in [1.29, 1.82) is 0 Å². The van der Waals surface area contributed by atoms with Gasteiger partial charge in [-0.2, -0.15) is 0 Å². The van der Waals surface area contributed by atoms with Crippen molar-refractivity contribution in [3.8, 4) is 22.3 Å². The minimum absolute atomic E-state index is 0.936. The quantitative estimate of drug-likeness (QED) is 0.186. The lowest BCUT2D eigenvalue weighted by molar-refractivity contribution is 0.669. The van der Waals surface area contributed by atoms with Crippen molar-refractivity contribution in [2.75, 3.05) is 4.90 Å². The number of anilines is 3. The van der Waals surface area contributed by atoms with Crippen molar-refractivity contribution < 1.29 is 4.42 Å². The van der Waals surface area contributed by atoms with Crippen LogP contribution in [-0.4, -0.2) is 0 Å². The Hall–Kier alpha value is -6.16. The molecule has 10 rings (SSSR count). The average molecular weight is 644 g/mol. The van der Waals surface area contributed by atoms with Crippen LogP contribution in [0.15, 0.2) is 180 Å². The molecule has 230 valence electrons. The molecule has 0 radical (unpaired) electrons. The predicted molar refractivity (Wildman–Crippen MR) is 210 cm³/mol. The maximum atomic E-state index is 6.21. The van der Waals surface area contributed by atoms with Crippen LogP contribution in [0.25, 0.3) is 75.1 Å². The molecule has 2 aromatic heterocycles. The van der Waals surface area contributed by atoms with E-state index in [9.17, 15) is 0 Å². The Balaban J connectivity index is 1.05. The molecule has 49 heavy (non-hydrogen) atoms. The third kappa shape index (κ3) is 4.62. The zero-order valence-electron chi connectivity index (χ0n) is 26.5. The first-order valence-electron chi connectivity index (χ1n) is 16.6. The number of fused-ring (bicyclic) bond motifs is 8. The number of nitrogens with zero attached hydrogens (tertiary/aromatic N) is 1. The summed E-state index contributed by atoms with van der Waals surface area (Å²) < 4.78 is 8.78. The lowest BCUT2D eigenvalue weighted by atomic mass is 9.97. The molecule has 2 heterocycles. The Morgan fingerprint density at radius 2 is 1.10 bits per heavy atom. The van der Waals surface area contributed by atoms with Crippen molar-refractivity contribution in [1.82, 2.24) is 0 Å². The van der Waals surface area contributed by atoms with Crippen molar-refractivity contribution in [2.45, 2.75) is 0 Å². The fraction of sp³-hybridized carbons (Fsp3) is 0. The molecular formula is C46H29NOS. The largest absolute Gasteiger partial charge is 0.456 e. The van der Waals surface area contributed by atoms with E-state index in [-0.39, 0.29) is 0 Å². The molecule has 3 heteroatoms. The summed E-state index contributed by atoms with van der Waals surface area (Å²) in [6, 6.07) is 63.2. The molecular weight excluding hydrogens is 615 g/mol. The fourth-order valence-corrected chi connectivity index (χ4v) is 8.53. The molecule has 2 nitrogen and oxygen atoms in total. The first-order valence-corrected chi connectivity index (χ1v) is 17.4. The highest BCUT2D eigenvalue weighted by Crippen LogP contribution is 2.44. The summed E-state index contributed by atoms with van der Waals surface area (Å²) in [7, 11) is 0. The van der Waals surface area contributed by atoms with E-state index in [4.69, 9.17) is 4.42 Å². The Morgan fingerprint density at radius 1 is 0.388 bits per heavy atom. The van der Waals surface area contributed by atoms with Gasteiger partial charge in [-0.3, -0.25) is 0 Å². The van der Waals surface area contributed by atoms with Gasteiger partial charge in [0.05, 0.1) is 0 Å². The number of para-hydroxylation sites is 2. The summed E-state index contributed by atoms with van der Waals surface area (Å²) in [6.07, 6.45) is 0. The Kier molecular flexibility index (Phi) is 6.39. The molecule has 0 spiro atoms. The fourth-order valence-electron chi connectivity index (χ4n) is 7.38. The van der Waals surface area contributed by atoms with Crippen LogP contribution in [0.1, 0.15) is 0 Å². The smallest absolute Gasteiger partial charge is 0.136 e. The maximum Gasteiger partial charge on any atom is 0.136 e. The molecule has 0 aliphatic rings. The Labute approximate surface area is 287 Å². The lowest BCUT2D eigenvalue weighted by Crippen LogP contribution is -2.09. The van der Waals surface area contributed by atoms with Crippen LogP contribution in [-0.2, 0) is 0 Å². The molecule has 0 amide bonds. The van der Waals surface area contributed by atoms with Gasteiger partial charge in [-0.15, -0.1) is 11.3 Å². The van der Waals surface area contributed by atoms with Crippen molar-refractivity contribution in [2.24, 2.45) is 0 Å². The number of benzene rings is 8. The van der Waals surface area contributed by atoms with Gasteiger partial charge < -0.3 is 9.32 Å². The lowest BCUT2D eigenvalue weighted by Gasteiger charge is -2.26. The highest BCUT2D eigenvalue weighted by molar-refractivity contribution is 7.26. The standard InChI is InChI=1S/C46H29NOS/c1-2-13-34(14-3-1)47(36-15-8-12-33(28-36)38-18-9-11-31-10-4-5-16-37(31)38)35-23-20-30(21-24-35)32-22-25-40-44(29-32)49-43-27-26-42-45(46(40)43)39-17-6-7-19-41(39)48-42/h1-29H. The van der Waals surface area contributed by atoms with Crippen molar-refractivity contribution in [3.63, 3.8) is 0 Å². The highest BCUT2D eigenvalue weighted by Gasteiger charge is 2.17. The van der Waals surface area contributed by atoms with E-state index in [1.807, 2.05) is 17.4 Å². The first kappa shape index (κ1) is 27.9. The Morgan fingerprint density at radius 3 is 2.00 bits per heavy atom. The van der Waals surface area contributed by atoms with Crippen LogP contribution in [0.2, 0.25) is 0 Å². The highest BCUT2D eigenvalue weighted by atomic mass is 32.1. The minimum atomic E-state index is 0.936. The Bertz CT molecular complexity index is 2820. The predicted octanol–water partition coefficient (Wildman–Crippen LogP) is 13.9. The molecule has 0 aliphatic carbocycles. The first-order chi connectivity index (χ1) is 24.3. The number of hydrogen-bond acceptors (Lipinski definition) is 3. The van der Waals surface area contributed by atoms with Gasteiger partial charge in [0.25, 0.3) is 0 Å². The average Bonchev–Trinajstić information content (AvgIpc) is 3.73. The second-order valence-corrected chi connectivity index (χ2v) is 13.6. The van der Waals surface area contributed by atoms with Crippen molar-refractivity contribution in [3.05, 3.63) is 176 Å². The van der Waals surface area contributed by atoms with E-state index in [0.717, 1.165) is 28.2 Å². The van der Waals surface area contributed by atoms with Crippen LogP contribution in [0.5, 0.6) is 0 Å². The molecule has 0 unspecified atom stereocenters. The number of rotatable bonds is 5. The summed E-state index contributed by atoms with van der Waals surface area (Å²) in [5.41, 5.74) is 10.1. The van der Waals surface area contributed by atoms with Gasteiger partial charge in [0, 0.05) is 48.0 Å². The van der Waals surface area contributed by atoms with Gasteiger partial charge in [-0.05, 0) is 93.7 Å². The summed E-state index contributed by atoms with van der Waals surface area (Å²) in [5, 5.41) is 7.46. The number of furan rings is 1. The molecule has 0 fully saturated rings. The minimum Gasteiger partial charge on any atom is -0.456 e. The molecule has 0 N–H and O–H groups in total. The van der Waals surface area contributed by atoms with Crippen LogP contribution < -0.4 is 4.90 Å². The van der Waals surface area contributed by atoms with Gasteiger partial charge >= 0.3 is 0 Å². The summed E-state index contributed by atoms with van der Waals surface area (Å²) in [6.45, 7) is 0. The topological polar surface area (TPSA) is 16.4 Å². The number of hydrogen-bond donors (Lipinski definition) is 0. The SMILES string of the molecule is c1ccc(N(c2ccc(-c3ccc4c(c3)sc3ccc5oc6ccccc6c5c34)cc2)c2cccc(-c3cccc4ccccc34)c2)cc1. The molecule has 0 aliphatic heterocycles. The third-order valence-electron chi connectivity index (χ3n) is 9.65. The molecule has 0 saturated carbocycles. The van der Waals surface area contributed by atoms with Gasteiger partial charge in [0.2, 0.25) is 0 Å². The van der Waals surface area contributed by atoms with Gasteiger partial charge in [-0.25, -0.2) is 0 Å². The van der Waals surface area contributed by atoms with E-state index in [1.165, 1.54) is 64.0 Å². The zero-order valence-corrected chi connectivity index (χ0v) is 27.3. The van der Waals surface area contributed by atoms with E-state index < -0.39 is 0 Å². The zero-order chi connectivity index (χ0) is 32.3. The normalized spacial score (nSPS) is 11.7. The molecule has 0 bridgehead atoms. The maximum absolute atomic E-state index is 6.21. The van der Waals surface area contributed by atoms with E-state index in [2.05, 4.69) is 175 Å². The summed E-state index contributed by atoms with van der Waals surface area (Å²) >= 11 is 1.85. The summed E-state index contributed by atoms with van der Waals surface area (Å²) in [4.78, 5) is 2.34. The van der Waals surface area contributed by atoms with Crippen LogP contribution in [0, 0.1) is 0 Å². The van der Waals surface area contributed by atoms with Gasteiger partial charge in [-0.1, -0.05) is 115 Å².